The van der Waals surface area contributed by atoms with Gasteiger partial charge in [0.15, 0.2) is 0 Å². The quantitative estimate of drug-likeness (QED) is 0.921. The van der Waals surface area contributed by atoms with E-state index in [2.05, 4.69) is 15.3 Å². The maximum atomic E-state index is 12.4. The van der Waals surface area contributed by atoms with Gasteiger partial charge in [-0.2, -0.15) is 0 Å². The van der Waals surface area contributed by atoms with Crippen molar-refractivity contribution in [1.82, 2.24) is 15.3 Å². The first-order chi connectivity index (χ1) is 9.84. The first-order valence-corrected chi connectivity index (χ1v) is 7.95. The van der Waals surface area contributed by atoms with Gasteiger partial charge in [-0.3, -0.25) is 4.79 Å². The number of aryl methyl sites for hydroxylation is 1. The minimum Gasteiger partial charge on any atom is -0.350 e. The van der Waals surface area contributed by atoms with Gasteiger partial charge in [0, 0.05) is 17.8 Å². The van der Waals surface area contributed by atoms with E-state index in [4.69, 9.17) is 0 Å². The lowest BCUT2D eigenvalue weighted by molar-refractivity contribution is 0.0937. The number of nitrogens with one attached hydrogen (secondary N) is 1. The topological polar surface area (TPSA) is 54.9 Å². The molecule has 2 aliphatic rings. The van der Waals surface area contributed by atoms with Gasteiger partial charge in [-0.15, -0.1) is 0 Å². The van der Waals surface area contributed by atoms with Crippen molar-refractivity contribution in [2.75, 3.05) is 6.54 Å². The number of fused-ring (bicyclic) bond motifs is 1. The summed E-state index contributed by atoms with van der Waals surface area (Å²) in [7, 11) is 0. The SMILES string of the molecule is O=C(NCC1CCCCC1)c1ncnc2c1CCCC2. The van der Waals surface area contributed by atoms with Gasteiger partial charge in [0.2, 0.25) is 0 Å². The first-order valence-electron chi connectivity index (χ1n) is 7.95. The molecule has 1 aromatic heterocycles. The molecular formula is C16H23N3O. The molecule has 0 atom stereocenters. The Morgan fingerprint density at radius 2 is 1.90 bits per heavy atom. The number of aromatic nitrogens is 2. The van der Waals surface area contributed by atoms with Crippen LogP contribution in [0.15, 0.2) is 6.33 Å². The van der Waals surface area contributed by atoms with Crippen LogP contribution in [-0.4, -0.2) is 22.4 Å². The zero-order valence-electron chi connectivity index (χ0n) is 12.0. The Labute approximate surface area is 120 Å². The summed E-state index contributed by atoms with van der Waals surface area (Å²) in [6, 6.07) is 0. The fraction of sp³-hybridized carbons (Fsp3) is 0.688. The van der Waals surface area contributed by atoms with Gasteiger partial charge in [0.05, 0.1) is 0 Å². The van der Waals surface area contributed by atoms with Gasteiger partial charge >= 0.3 is 0 Å². The zero-order chi connectivity index (χ0) is 13.8. The number of hydrogen-bond acceptors (Lipinski definition) is 3. The zero-order valence-corrected chi connectivity index (χ0v) is 12.0. The molecule has 20 heavy (non-hydrogen) atoms. The van der Waals surface area contributed by atoms with E-state index < -0.39 is 0 Å². The number of carbonyl (C=O) groups excluding carboxylic acids is 1. The molecule has 1 amide bonds. The van der Waals surface area contributed by atoms with E-state index in [1.807, 2.05) is 0 Å². The molecule has 0 saturated heterocycles. The fourth-order valence-electron chi connectivity index (χ4n) is 3.43. The lowest BCUT2D eigenvalue weighted by Gasteiger charge is -2.22. The lowest BCUT2D eigenvalue weighted by Crippen LogP contribution is -2.32. The number of carbonyl (C=O) groups is 1. The number of rotatable bonds is 3. The van der Waals surface area contributed by atoms with Gasteiger partial charge in [-0.25, -0.2) is 9.97 Å². The standard InChI is InChI=1S/C16H23N3O/c20-16(17-10-12-6-2-1-3-7-12)15-13-8-4-5-9-14(13)18-11-19-15/h11-12H,1-10H2,(H,17,20). The van der Waals surface area contributed by atoms with Crippen LogP contribution in [-0.2, 0) is 12.8 Å². The Morgan fingerprint density at radius 3 is 2.75 bits per heavy atom. The van der Waals surface area contributed by atoms with E-state index >= 15 is 0 Å². The highest BCUT2D eigenvalue weighted by Crippen LogP contribution is 2.24. The van der Waals surface area contributed by atoms with Crippen LogP contribution in [0.3, 0.4) is 0 Å². The fourth-order valence-corrected chi connectivity index (χ4v) is 3.43. The van der Waals surface area contributed by atoms with Crippen molar-refractivity contribution in [3.05, 3.63) is 23.3 Å². The van der Waals surface area contributed by atoms with Gasteiger partial charge in [-0.05, 0) is 44.4 Å². The van der Waals surface area contributed by atoms with Crippen molar-refractivity contribution in [3.63, 3.8) is 0 Å². The molecule has 108 valence electrons. The normalized spacial score (nSPS) is 19.4. The third-order valence-electron chi connectivity index (χ3n) is 4.62. The van der Waals surface area contributed by atoms with Gasteiger partial charge in [-0.1, -0.05) is 19.3 Å². The predicted octanol–water partition coefficient (Wildman–Crippen LogP) is 2.67. The van der Waals surface area contributed by atoms with Crippen molar-refractivity contribution in [1.29, 1.82) is 0 Å². The van der Waals surface area contributed by atoms with E-state index in [9.17, 15) is 4.79 Å². The molecule has 1 saturated carbocycles. The number of hydrogen-bond donors (Lipinski definition) is 1. The summed E-state index contributed by atoms with van der Waals surface area (Å²) in [6.45, 7) is 0.803. The van der Waals surface area contributed by atoms with Crippen LogP contribution in [0.5, 0.6) is 0 Å². The molecule has 4 heteroatoms. The summed E-state index contributed by atoms with van der Waals surface area (Å²) in [5.41, 5.74) is 2.78. The average molecular weight is 273 g/mol. The Balaban J connectivity index is 1.64. The van der Waals surface area contributed by atoms with Crippen molar-refractivity contribution < 1.29 is 4.79 Å². The summed E-state index contributed by atoms with van der Waals surface area (Å²) in [5.74, 6) is 0.654. The highest BCUT2D eigenvalue weighted by Gasteiger charge is 2.21. The molecule has 0 spiro atoms. The molecule has 0 radical (unpaired) electrons. The van der Waals surface area contributed by atoms with Gasteiger partial charge in [0.1, 0.15) is 12.0 Å². The predicted molar refractivity (Wildman–Crippen MR) is 77.6 cm³/mol. The maximum Gasteiger partial charge on any atom is 0.270 e. The smallest absolute Gasteiger partial charge is 0.270 e. The maximum absolute atomic E-state index is 12.4. The molecule has 0 aromatic carbocycles. The third kappa shape index (κ3) is 3.00. The average Bonchev–Trinajstić information content (AvgIpc) is 2.53. The van der Waals surface area contributed by atoms with Crippen LogP contribution in [0, 0.1) is 5.92 Å². The molecule has 0 aliphatic heterocycles. The Bertz CT molecular complexity index is 481. The van der Waals surface area contributed by atoms with E-state index in [-0.39, 0.29) is 5.91 Å². The largest absolute Gasteiger partial charge is 0.350 e. The van der Waals surface area contributed by atoms with E-state index in [1.165, 1.54) is 38.5 Å². The third-order valence-corrected chi connectivity index (χ3v) is 4.62. The molecule has 3 rings (SSSR count). The molecule has 1 N–H and O–H groups in total. The second-order valence-corrected chi connectivity index (χ2v) is 6.07. The molecule has 4 nitrogen and oxygen atoms in total. The van der Waals surface area contributed by atoms with Crippen LogP contribution in [0.1, 0.15) is 66.7 Å². The second-order valence-electron chi connectivity index (χ2n) is 6.07. The van der Waals surface area contributed by atoms with Crippen LogP contribution < -0.4 is 5.32 Å². The van der Waals surface area contributed by atoms with Crippen LogP contribution in [0.2, 0.25) is 0 Å². The molecular weight excluding hydrogens is 250 g/mol. The van der Waals surface area contributed by atoms with Gasteiger partial charge in [0.25, 0.3) is 5.91 Å². The van der Waals surface area contributed by atoms with Crippen molar-refractivity contribution in [2.45, 2.75) is 57.8 Å². The summed E-state index contributed by atoms with van der Waals surface area (Å²) >= 11 is 0. The number of amides is 1. The van der Waals surface area contributed by atoms with E-state index in [1.54, 1.807) is 6.33 Å². The molecule has 1 fully saturated rings. The van der Waals surface area contributed by atoms with Crippen molar-refractivity contribution >= 4 is 5.91 Å². The summed E-state index contributed by atoms with van der Waals surface area (Å²) in [4.78, 5) is 20.9. The van der Waals surface area contributed by atoms with Crippen molar-refractivity contribution in [3.8, 4) is 0 Å². The van der Waals surface area contributed by atoms with Crippen LogP contribution >= 0.6 is 0 Å². The molecule has 0 unspecified atom stereocenters. The van der Waals surface area contributed by atoms with Crippen LogP contribution in [0.4, 0.5) is 0 Å². The van der Waals surface area contributed by atoms with Crippen molar-refractivity contribution in [2.24, 2.45) is 5.92 Å². The Morgan fingerprint density at radius 1 is 1.10 bits per heavy atom. The summed E-state index contributed by atoms with van der Waals surface area (Å²) < 4.78 is 0. The van der Waals surface area contributed by atoms with E-state index in [0.29, 0.717) is 11.6 Å². The molecule has 1 heterocycles. The minimum absolute atomic E-state index is 0.00359. The first kappa shape index (κ1) is 13.5. The van der Waals surface area contributed by atoms with Gasteiger partial charge < -0.3 is 5.32 Å². The second kappa shape index (κ2) is 6.33. The van der Waals surface area contributed by atoms with Crippen LogP contribution in [0.25, 0.3) is 0 Å². The highest BCUT2D eigenvalue weighted by molar-refractivity contribution is 5.93. The highest BCUT2D eigenvalue weighted by atomic mass is 16.1. The molecule has 2 aliphatic carbocycles. The summed E-state index contributed by atoms with van der Waals surface area (Å²) in [6.07, 6.45) is 12.3. The lowest BCUT2D eigenvalue weighted by atomic mass is 9.89. The minimum atomic E-state index is -0.00359. The Kier molecular flexibility index (Phi) is 4.28. The number of nitrogens with zero attached hydrogens (tertiary/aromatic N) is 2. The Hall–Kier alpha value is -1.45. The summed E-state index contributed by atoms with van der Waals surface area (Å²) in [5, 5.41) is 3.09. The molecule has 1 aromatic rings. The van der Waals surface area contributed by atoms with E-state index in [0.717, 1.165) is 37.1 Å². The molecule has 0 bridgehead atoms. The monoisotopic (exact) mass is 273 g/mol.